The van der Waals surface area contributed by atoms with Crippen molar-refractivity contribution in [2.45, 2.75) is 32.2 Å². The second-order valence-electron chi connectivity index (χ2n) is 9.47. The summed E-state index contributed by atoms with van der Waals surface area (Å²) in [5.41, 5.74) is 4.66. The fourth-order valence-corrected chi connectivity index (χ4v) is 4.99. The number of likely N-dealkylation sites (tertiary alicyclic amines) is 1. The summed E-state index contributed by atoms with van der Waals surface area (Å²) in [6.07, 6.45) is 7.84. The van der Waals surface area contributed by atoms with Crippen molar-refractivity contribution in [3.05, 3.63) is 71.7 Å². The quantitative estimate of drug-likeness (QED) is 0.424. The van der Waals surface area contributed by atoms with Crippen LogP contribution in [0.15, 0.2) is 55.0 Å². The molecule has 0 spiro atoms. The van der Waals surface area contributed by atoms with Crippen molar-refractivity contribution >= 4 is 17.8 Å². The fraction of sp³-hybridized carbons (Fsp3) is 0.357. The maximum atomic E-state index is 12.7. The zero-order valence-electron chi connectivity index (χ0n) is 20.7. The van der Waals surface area contributed by atoms with Gasteiger partial charge in [-0.05, 0) is 60.6 Å². The summed E-state index contributed by atoms with van der Waals surface area (Å²) in [6.45, 7) is 2.89. The summed E-state index contributed by atoms with van der Waals surface area (Å²) in [7, 11) is 0. The van der Waals surface area contributed by atoms with E-state index in [-0.39, 0.29) is 5.91 Å². The number of fused-ring (bicyclic) bond motifs is 1. The van der Waals surface area contributed by atoms with Gasteiger partial charge >= 0.3 is 6.09 Å². The number of pyridine rings is 2. The van der Waals surface area contributed by atoms with E-state index in [1.165, 1.54) is 4.90 Å². The lowest BCUT2D eigenvalue weighted by atomic mass is 9.94. The van der Waals surface area contributed by atoms with Crippen LogP contribution in [-0.4, -0.2) is 58.2 Å². The van der Waals surface area contributed by atoms with Gasteiger partial charge in [0.05, 0.1) is 6.61 Å². The minimum absolute atomic E-state index is 0.0982. The number of nitrogens with zero attached hydrogens (tertiary/aromatic N) is 3. The number of carbonyl (C=O) groups excluding carboxylic acids is 1. The highest BCUT2D eigenvalue weighted by atomic mass is 16.5. The lowest BCUT2D eigenvalue weighted by molar-refractivity contribution is 0.0948. The number of carboxylic acid groups (broad SMARTS) is 1. The zero-order valence-corrected chi connectivity index (χ0v) is 20.7. The zero-order chi connectivity index (χ0) is 25.6. The van der Waals surface area contributed by atoms with Gasteiger partial charge in [-0.15, -0.1) is 0 Å². The van der Waals surface area contributed by atoms with Gasteiger partial charge in [0.25, 0.3) is 5.91 Å². The average molecular weight is 502 g/mol. The number of aromatic nitrogens is 2. The molecule has 2 amide bonds. The molecule has 1 saturated heterocycles. The normalized spacial score (nSPS) is 15.1. The predicted octanol–water partition coefficient (Wildman–Crippen LogP) is 4.20. The summed E-state index contributed by atoms with van der Waals surface area (Å²) in [5, 5.41) is 15.5. The molecule has 2 aliphatic rings. The number of amides is 2. The molecule has 4 heterocycles. The van der Waals surface area contributed by atoms with E-state index in [9.17, 15) is 9.59 Å². The molecule has 9 heteroatoms. The molecule has 37 heavy (non-hydrogen) atoms. The lowest BCUT2D eigenvalue weighted by Crippen LogP contribution is -2.38. The van der Waals surface area contributed by atoms with Gasteiger partial charge in [0.1, 0.15) is 11.6 Å². The standard InChI is InChI=1S/C28H31N5O4/c34-27(30-12-4-19-7-13-33(14-8-19)28(35)36)22-3-1-2-20(16-22)17-31-26-23-9-15-37-25(23)24(18-32-26)21-5-10-29-11-6-21/h1-3,5-6,10-11,16,18-19H,4,7-9,12-15,17H2,(H,30,34)(H,31,32)(H,35,36). The van der Waals surface area contributed by atoms with E-state index in [4.69, 9.17) is 9.84 Å². The number of hydrogen-bond donors (Lipinski definition) is 3. The molecule has 0 aliphatic carbocycles. The molecule has 0 unspecified atom stereocenters. The average Bonchev–Trinajstić information content (AvgIpc) is 3.43. The van der Waals surface area contributed by atoms with Gasteiger partial charge < -0.3 is 25.4 Å². The Morgan fingerprint density at radius 2 is 1.95 bits per heavy atom. The minimum atomic E-state index is -0.850. The van der Waals surface area contributed by atoms with Crippen molar-refractivity contribution in [2.24, 2.45) is 5.92 Å². The summed E-state index contributed by atoms with van der Waals surface area (Å²) in [5.74, 6) is 2.01. The number of rotatable bonds is 8. The Bertz CT molecular complexity index is 1260. The minimum Gasteiger partial charge on any atom is -0.492 e. The molecule has 9 nitrogen and oxygen atoms in total. The van der Waals surface area contributed by atoms with E-state index in [2.05, 4.69) is 20.6 Å². The maximum Gasteiger partial charge on any atom is 0.407 e. The Morgan fingerprint density at radius 3 is 2.73 bits per heavy atom. The molecule has 0 saturated carbocycles. The number of nitrogens with one attached hydrogen (secondary N) is 2. The second kappa shape index (κ2) is 11.3. The number of carbonyl (C=O) groups is 2. The molecule has 1 aromatic carbocycles. The van der Waals surface area contributed by atoms with Crippen molar-refractivity contribution in [1.82, 2.24) is 20.2 Å². The van der Waals surface area contributed by atoms with E-state index in [1.54, 1.807) is 12.4 Å². The van der Waals surface area contributed by atoms with E-state index in [0.29, 0.717) is 44.3 Å². The van der Waals surface area contributed by atoms with Crippen molar-refractivity contribution < 1.29 is 19.4 Å². The first-order valence-corrected chi connectivity index (χ1v) is 12.7. The van der Waals surface area contributed by atoms with Crippen LogP contribution in [0.2, 0.25) is 0 Å². The lowest BCUT2D eigenvalue weighted by Gasteiger charge is -2.29. The highest BCUT2D eigenvalue weighted by molar-refractivity contribution is 5.94. The van der Waals surface area contributed by atoms with Crippen LogP contribution in [-0.2, 0) is 13.0 Å². The number of hydrogen-bond acceptors (Lipinski definition) is 6. The van der Waals surface area contributed by atoms with Gasteiger partial charge in [0, 0.05) is 67.9 Å². The molecule has 0 bridgehead atoms. The topological polar surface area (TPSA) is 117 Å². The first-order chi connectivity index (χ1) is 18.1. The monoisotopic (exact) mass is 501 g/mol. The second-order valence-corrected chi connectivity index (χ2v) is 9.47. The molecular weight excluding hydrogens is 470 g/mol. The van der Waals surface area contributed by atoms with Gasteiger partial charge in [0.15, 0.2) is 0 Å². The molecule has 0 radical (unpaired) electrons. The molecule has 3 aromatic rings. The summed E-state index contributed by atoms with van der Waals surface area (Å²) < 4.78 is 5.94. The van der Waals surface area contributed by atoms with Gasteiger partial charge in [-0.3, -0.25) is 9.78 Å². The van der Waals surface area contributed by atoms with Crippen LogP contribution in [0.1, 0.15) is 40.7 Å². The van der Waals surface area contributed by atoms with Crippen molar-refractivity contribution in [3.63, 3.8) is 0 Å². The first kappa shape index (κ1) is 24.5. The largest absolute Gasteiger partial charge is 0.492 e. The van der Waals surface area contributed by atoms with E-state index in [1.807, 2.05) is 42.6 Å². The maximum absolute atomic E-state index is 12.7. The Labute approximate surface area is 215 Å². The molecular formula is C28H31N5O4. The Kier molecular flexibility index (Phi) is 7.49. The predicted molar refractivity (Wildman–Crippen MR) is 140 cm³/mol. The third-order valence-electron chi connectivity index (χ3n) is 7.09. The van der Waals surface area contributed by atoms with Crippen LogP contribution < -0.4 is 15.4 Å². The van der Waals surface area contributed by atoms with Gasteiger partial charge in [-0.25, -0.2) is 9.78 Å². The highest BCUT2D eigenvalue weighted by Crippen LogP contribution is 2.39. The Balaban J connectivity index is 1.16. The number of piperidine rings is 1. The smallest absolute Gasteiger partial charge is 0.407 e. The molecule has 3 N–H and O–H groups in total. The van der Waals surface area contributed by atoms with Gasteiger partial charge in [0.2, 0.25) is 0 Å². The van der Waals surface area contributed by atoms with Crippen molar-refractivity contribution in [2.75, 3.05) is 31.6 Å². The number of anilines is 1. The van der Waals surface area contributed by atoms with Crippen LogP contribution in [0.5, 0.6) is 5.75 Å². The van der Waals surface area contributed by atoms with Crippen LogP contribution in [0.25, 0.3) is 11.1 Å². The Hall–Kier alpha value is -4.14. The van der Waals surface area contributed by atoms with E-state index in [0.717, 1.165) is 59.5 Å². The third-order valence-corrected chi connectivity index (χ3v) is 7.09. The number of ether oxygens (including phenoxy) is 1. The van der Waals surface area contributed by atoms with Gasteiger partial charge in [-0.2, -0.15) is 0 Å². The highest BCUT2D eigenvalue weighted by Gasteiger charge is 2.23. The van der Waals surface area contributed by atoms with Crippen LogP contribution >= 0.6 is 0 Å². The fourth-order valence-electron chi connectivity index (χ4n) is 4.99. The molecule has 1 fully saturated rings. The van der Waals surface area contributed by atoms with E-state index >= 15 is 0 Å². The van der Waals surface area contributed by atoms with Crippen LogP contribution in [0.3, 0.4) is 0 Å². The van der Waals surface area contributed by atoms with Crippen LogP contribution in [0.4, 0.5) is 10.6 Å². The third kappa shape index (κ3) is 5.82. The molecule has 192 valence electrons. The number of benzene rings is 1. The molecule has 5 rings (SSSR count). The summed E-state index contributed by atoms with van der Waals surface area (Å²) in [4.78, 5) is 34.0. The van der Waals surface area contributed by atoms with Crippen LogP contribution in [0, 0.1) is 5.92 Å². The summed E-state index contributed by atoms with van der Waals surface area (Å²) >= 11 is 0. The summed E-state index contributed by atoms with van der Waals surface area (Å²) in [6, 6.07) is 11.5. The van der Waals surface area contributed by atoms with Crippen molar-refractivity contribution in [1.29, 1.82) is 0 Å². The SMILES string of the molecule is O=C(NCCC1CCN(C(=O)O)CC1)c1cccc(CNc2ncc(-c3ccncc3)c3c2CCO3)c1. The molecule has 2 aliphatic heterocycles. The van der Waals surface area contributed by atoms with E-state index < -0.39 is 6.09 Å². The molecule has 0 atom stereocenters. The molecule has 2 aromatic heterocycles. The first-order valence-electron chi connectivity index (χ1n) is 12.7. The Morgan fingerprint density at radius 1 is 1.14 bits per heavy atom. The van der Waals surface area contributed by atoms with Gasteiger partial charge in [-0.1, -0.05) is 12.1 Å². The van der Waals surface area contributed by atoms with Crippen molar-refractivity contribution in [3.8, 4) is 16.9 Å².